The molecule has 19 heavy (non-hydrogen) atoms. The van der Waals surface area contributed by atoms with Crippen LogP contribution in [0.4, 0.5) is 10.8 Å². The van der Waals surface area contributed by atoms with Crippen LogP contribution < -0.4 is 11.1 Å². The van der Waals surface area contributed by atoms with E-state index < -0.39 is 11.9 Å². The van der Waals surface area contributed by atoms with Crippen LogP contribution in [0.15, 0.2) is 23.6 Å². The molecular weight excluding hydrogens is 266 g/mol. The first-order valence-corrected chi connectivity index (χ1v) is 6.22. The van der Waals surface area contributed by atoms with Crippen molar-refractivity contribution >= 4 is 34.0 Å². The zero-order valence-electron chi connectivity index (χ0n) is 10.0. The van der Waals surface area contributed by atoms with E-state index in [-0.39, 0.29) is 11.3 Å². The van der Waals surface area contributed by atoms with Crippen LogP contribution in [0, 0.1) is 6.92 Å². The summed E-state index contributed by atoms with van der Waals surface area (Å²) in [5, 5.41) is 13.5. The molecule has 98 valence electrons. The summed E-state index contributed by atoms with van der Waals surface area (Å²) < 4.78 is 0. The summed E-state index contributed by atoms with van der Waals surface area (Å²) in [6.07, 6.45) is 0. The van der Waals surface area contributed by atoms with E-state index in [4.69, 9.17) is 10.8 Å². The molecule has 1 heterocycles. The Hall–Kier alpha value is -2.41. The molecule has 0 unspecified atom stereocenters. The van der Waals surface area contributed by atoms with Gasteiger partial charge < -0.3 is 16.2 Å². The van der Waals surface area contributed by atoms with Crippen LogP contribution in [0.5, 0.6) is 0 Å². The minimum atomic E-state index is -1.04. The van der Waals surface area contributed by atoms with Gasteiger partial charge in [-0.3, -0.25) is 4.79 Å². The fourth-order valence-electron chi connectivity index (χ4n) is 1.58. The fourth-order valence-corrected chi connectivity index (χ4v) is 2.12. The number of nitrogens with two attached hydrogens (primary N) is 1. The van der Waals surface area contributed by atoms with Crippen molar-refractivity contribution < 1.29 is 14.7 Å². The highest BCUT2D eigenvalue weighted by atomic mass is 32.1. The minimum absolute atomic E-state index is 0.149. The molecule has 1 aromatic carbocycles. The van der Waals surface area contributed by atoms with Gasteiger partial charge in [0.1, 0.15) is 5.69 Å². The van der Waals surface area contributed by atoms with Gasteiger partial charge in [-0.15, -0.1) is 11.3 Å². The van der Waals surface area contributed by atoms with Crippen LogP contribution in [0.25, 0.3) is 0 Å². The molecule has 0 aliphatic heterocycles. The Morgan fingerprint density at radius 2 is 2.16 bits per heavy atom. The number of nitrogens with zero attached hydrogens (tertiary/aromatic N) is 1. The van der Waals surface area contributed by atoms with E-state index in [2.05, 4.69) is 10.3 Å². The lowest BCUT2D eigenvalue weighted by molar-refractivity contribution is 0.0695. The number of carbonyl (C=O) groups excluding carboxylic acids is 1. The predicted octanol–water partition coefficient (Wildman–Crippen LogP) is 1.98. The number of thiazole rings is 1. The maximum atomic E-state index is 11.9. The molecule has 0 saturated carbocycles. The van der Waals surface area contributed by atoms with Gasteiger partial charge in [0.05, 0.1) is 5.56 Å². The minimum Gasteiger partial charge on any atom is -0.478 e. The smallest absolute Gasteiger partial charge is 0.336 e. The van der Waals surface area contributed by atoms with E-state index in [1.807, 2.05) is 0 Å². The molecule has 4 N–H and O–H groups in total. The van der Waals surface area contributed by atoms with Gasteiger partial charge in [-0.2, -0.15) is 0 Å². The Labute approximate surface area is 112 Å². The summed E-state index contributed by atoms with van der Waals surface area (Å²) in [7, 11) is 0. The quantitative estimate of drug-likeness (QED) is 0.795. The summed E-state index contributed by atoms with van der Waals surface area (Å²) in [6.45, 7) is 1.63. The first kappa shape index (κ1) is 13.0. The van der Waals surface area contributed by atoms with Gasteiger partial charge in [0.15, 0.2) is 5.13 Å². The molecule has 6 nitrogen and oxygen atoms in total. The monoisotopic (exact) mass is 277 g/mol. The fraction of sp³-hybridized carbons (Fsp3) is 0.0833. The number of benzene rings is 1. The molecule has 0 bridgehead atoms. The Morgan fingerprint density at radius 1 is 1.42 bits per heavy atom. The molecule has 7 heteroatoms. The number of carboxylic acid groups (broad SMARTS) is 1. The zero-order chi connectivity index (χ0) is 14.0. The van der Waals surface area contributed by atoms with Gasteiger partial charge in [-0.05, 0) is 24.6 Å². The normalized spacial score (nSPS) is 10.2. The second-order valence-electron chi connectivity index (χ2n) is 3.81. The van der Waals surface area contributed by atoms with Crippen LogP contribution in [0.3, 0.4) is 0 Å². The second kappa shape index (κ2) is 5.07. The lowest BCUT2D eigenvalue weighted by Crippen LogP contribution is -2.14. The summed E-state index contributed by atoms with van der Waals surface area (Å²) >= 11 is 1.17. The average Bonchev–Trinajstić information content (AvgIpc) is 2.78. The Morgan fingerprint density at radius 3 is 2.74 bits per heavy atom. The zero-order valence-corrected chi connectivity index (χ0v) is 10.8. The molecule has 2 rings (SSSR count). The Bertz CT molecular complexity index is 651. The van der Waals surface area contributed by atoms with Gasteiger partial charge in [0.25, 0.3) is 5.91 Å². The number of hydrogen-bond donors (Lipinski definition) is 3. The lowest BCUT2D eigenvalue weighted by Gasteiger charge is -2.09. The number of carboxylic acids is 1. The van der Waals surface area contributed by atoms with Crippen molar-refractivity contribution in [1.29, 1.82) is 0 Å². The molecule has 2 aromatic rings. The Kier molecular flexibility index (Phi) is 3.48. The van der Waals surface area contributed by atoms with E-state index >= 15 is 0 Å². The molecule has 0 aliphatic rings. The summed E-state index contributed by atoms with van der Waals surface area (Å²) in [5.41, 5.74) is 6.75. The number of amides is 1. The molecule has 1 amide bonds. The van der Waals surface area contributed by atoms with E-state index in [0.717, 1.165) is 0 Å². The van der Waals surface area contributed by atoms with Gasteiger partial charge >= 0.3 is 5.97 Å². The number of nitrogens with one attached hydrogen (secondary N) is 1. The summed E-state index contributed by atoms with van der Waals surface area (Å²) in [5.74, 6) is -1.45. The van der Waals surface area contributed by atoms with Crippen molar-refractivity contribution in [2.45, 2.75) is 6.92 Å². The molecule has 1 aromatic heterocycles. The SMILES string of the molecule is Cc1c(NC(=O)c2csc(N)n2)cccc1C(=O)O. The van der Waals surface area contributed by atoms with E-state index in [1.54, 1.807) is 24.4 Å². The second-order valence-corrected chi connectivity index (χ2v) is 4.70. The average molecular weight is 277 g/mol. The van der Waals surface area contributed by atoms with Crippen LogP contribution in [-0.2, 0) is 0 Å². The third-order valence-electron chi connectivity index (χ3n) is 2.57. The number of carbonyl (C=O) groups is 2. The van der Waals surface area contributed by atoms with Crippen molar-refractivity contribution in [3.8, 4) is 0 Å². The van der Waals surface area contributed by atoms with Gasteiger partial charge in [0.2, 0.25) is 0 Å². The van der Waals surface area contributed by atoms with Crippen molar-refractivity contribution in [2.24, 2.45) is 0 Å². The first-order chi connectivity index (χ1) is 8.99. The van der Waals surface area contributed by atoms with Gasteiger partial charge in [0, 0.05) is 11.1 Å². The summed E-state index contributed by atoms with van der Waals surface area (Å²) in [6, 6.07) is 4.69. The highest BCUT2D eigenvalue weighted by Crippen LogP contribution is 2.20. The van der Waals surface area contributed by atoms with Crippen molar-refractivity contribution in [1.82, 2.24) is 4.98 Å². The topological polar surface area (TPSA) is 105 Å². The number of aromatic nitrogens is 1. The van der Waals surface area contributed by atoms with Crippen molar-refractivity contribution in [2.75, 3.05) is 11.1 Å². The van der Waals surface area contributed by atoms with Gasteiger partial charge in [-0.1, -0.05) is 6.07 Å². The van der Waals surface area contributed by atoms with Crippen LogP contribution in [0.1, 0.15) is 26.4 Å². The number of aromatic carboxylic acids is 1. The Balaban J connectivity index is 2.27. The third kappa shape index (κ3) is 2.71. The number of anilines is 2. The molecule has 0 atom stereocenters. The maximum Gasteiger partial charge on any atom is 0.336 e. The standard InChI is InChI=1S/C12H11N3O3S/c1-6-7(11(17)18)3-2-4-8(6)14-10(16)9-5-19-12(13)15-9/h2-5H,1H3,(H2,13,15)(H,14,16)(H,17,18). The molecule has 0 spiro atoms. The molecule has 0 aliphatic carbocycles. The molecule has 0 fully saturated rings. The number of nitrogen functional groups attached to an aromatic ring is 1. The predicted molar refractivity (Wildman–Crippen MR) is 72.6 cm³/mol. The van der Waals surface area contributed by atoms with E-state index in [9.17, 15) is 9.59 Å². The number of hydrogen-bond acceptors (Lipinski definition) is 5. The maximum absolute atomic E-state index is 11.9. The van der Waals surface area contributed by atoms with Crippen LogP contribution in [-0.4, -0.2) is 22.0 Å². The molecule has 0 radical (unpaired) electrons. The largest absolute Gasteiger partial charge is 0.478 e. The summed E-state index contributed by atoms with van der Waals surface area (Å²) in [4.78, 5) is 26.7. The van der Waals surface area contributed by atoms with Crippen molar-refractivity contribution in [3.63, 3.8) is 0 Å². The third-order valence-corrected chi connectivity index (χ3v) is 3.24. The van der Waals surface area contributed by atoms with Crippen LogP contribution >= 0.6 is 11.3 Å². The number of rotatable bonds is 3. The first-order valence-electron chi connectivity index (χ1n) is 5.34. The molecule has 0 saturated heterocycles. The van der Waals surface area contributed by atoms with Crippen LogP contribution in [0.2, 0.25) is 0 Å². The highest BCUT2D eigenvalue weighted by molar-refractivity contribution is 7.13. The lowest BCUT2D eigenvalue weighted by atomic mass is 10.1. The van der Waals surface area contributed by atoms with Gasteiger partial charge in [-0.25, -0.2) is 9.78 Å². The highest BCUT2D eigenvalue weighted by Gasteiger charge is 2.14. The van der Waals surface area contributed by atoms with Crippen molar-refractivity contribution in [3.05, 3.63) is 40.4 Å². The molecular formula is C12H11N3O3S. The van der Waals surface area contributed by atoms with E-state index in [1.165, 1.54) is 17.4 Å². The van der Waals surface area contributed by atoms with E-state index in [0.29, 0.717) is 16.4 Å².